The van der Waals surface area contributed by atoms with Gasteiger partial charge in [-0.3, -0.25) is 4.79 Å². The van der Waals surface area contributed by atoms with Gasteiger partial charge in [0.1, 0.15) is 6.10 Å². The zero-order valence-corrected chi connectivity index (χ0v) is 14.1. The van der Waals surface area contributed by atoms with Crippen LogP contribution in [-0.4, -0.2) is 46.8 Å². The molecular weight excluding hydrogens is 320 g/mol. The van der Waals surface area contributed by atoms with Gasteiger partial charge in [0.25, 0.3) is 5.91 Å². The van der Waals surface area contributed by atoms with E-state index in [1.54, 1.807) is 12.1 Å². The van der Waals surface area contributed by atoms with Crippen molar-refractivity contribution in [3.8, 4) is 0 Å². The third-order valence-corrected chi connectivity index (χ3v) is 5.03. The molecule has 1 aliphatic heterocycles. The van der Waals surface area contributed by atoms with Crippen LogP contribution >= 0.6 is 0 Å². The van der Waals surface area contributed by atoms with Crippen LogP contribution in [-0.2, 0) is 24.3 Å². The highest BCUT2D eigenvalue weighted by Gasteiger charge is 2.28. The van der Waals surface area contributed by atoms with Crippen molar-refractivity contribution >= 4 is 21.6 Å². The van der Waals surface area contributed by atoms with Crippen LogP contribution in [0.25, 0.3) is 0 Å². The molecule has 0 aliphatic carbocycles. The van der Waals surface area contributed by atoms with Crippen molar-refractivity contribution < 1.29 is 22.7 Å². The quantitative estimate of drug-likeness (QED) is 0.724. The van der Waals surface area contributed by atoms with Crippen LogP contribution in [0.4, 0.5) is 5.69 Å². The second-order valence-corrected chi connectivity index (χ2v) is 7.18. The summed E-state index contributed by atoms with van der Waals surface area (Å²) in [4.78, 5) is 12.2. The third kappa shape index (κ3) is 5.00. The number of anilines is 1. The van der Waals surface area contributed by atoms with Crippen LogP contribution < -0.4 is 10.0 Å². The molecule has 1 heterocycles. The molecule has 128 valence electrons. The van der Waals surface area contributed by atoms with Gasteiger partial charge in [0, 0.05) is 19.3 Å². The molecule has 0 saturated carbocycles. The molecule has 0 spiro atoms. The number of sulfonamides is 1. The predicted octanol–water partition coefficient (Wildman–Crippen LogP) is 1.12. The van der Waals surface area contributed by atoms with Crippen molar-refractivity contribution in [1.29, 1.82) is 0 Å². The van der Waals surface area contributed by atoms with Gasteiger partial charge >= 0.3 is 0 Å². The molecule has 23 heavy (non-hydrogen) atoms. The molecule has 8 heteroatoms. The molecule has 1 aromatic rings. The van der Waals surface area contributed by atoms with Crippen molar-refractivity contribution in [2.45, 2.75) is 36.9 Å². The number of nitrogens with one attached hydrogen (secondary N) is 2. The minimum absolute atomic E-state index is 0.0939. The van der Waals surface area contributed by atoms with Crippen molar-refractivity contribution in [2.24, 2.45) is 0 Å². The van der Waals surface area contributed by atoms with E-state index in [0.717, 1.165) is 6.42 Å². The number of hydrogen-bond acceptors (Lipinski definition) is 5. The SMILES string of the molecule is COCCNS(=O)(=O)c1ccc(NC(=O)[C@@H]2CC[C@@H](C)O2)cc1. The number of ether oxygens (including phenoxy) is 2. The van der Waals surface area contributed by atoms with E-state index >= 15 is 0 Å². The summed E-state index contributed by atoms with van der Waals surface area (Å²) in [6, 6.07) is 6.01. The first-order valence-corrected chi connectivity index (χ1v) is 8.95. The normalized spacial score (nSPS) is 21.3. The highest BCUT2D eigenvalue weighted by Crippen LogP contribution is 2.21. The molecule has 0 bridgehead atoms. The minimum atomic E-state index is -3.57. The first-order chi connectivity index (χ1) is 10.9. The standard InChI is InChI=1S/C15H22N2O5S/c1-11-3-8-14(22-11)15(18)17-12-4-6-13(7-5-12)23(19,20)16-9-10-21-2/h4-7,11,14,16H,3,8-10H2,1-2H3,(H,17,18)/t11-,14+/m1/s1. The molecule has 1 aromatic carbocycles. The lowest BCUT2D eigenvalue weighted by atomic mass is 10.2. The topological polar surface area (TPSA) is 93.7 Å². The summed E-state index contributed by atoms with van der Waals surface area (Å²) in [6.45, 7) is 2.44. The maximum atomic E-state index is 12.0. The molecule has 0 radical (unpaired) electrons. The van der Waals surface area contributed by atoms with E-state index < -0.39 is 16.1 Å². The van der Waals surface area contributed by atoms with E-state index in [1.165, 1.54) is 19.2 Å². The van der Waals surface area contributed by atoms with Crippen LogP contribution in [0.15, 0.2) is 29.2 Å². The summed E-state index contributed by atoms with van der Waals surface area (Å²) in [6.07, 6.45) is 1.21. The molecule has 2 N–H and O–H groups in total. The lowest BCUT2D eigenvalue weighted by molar-refractivity contribution is -0.126. The fourth-order valence-electron chi connectivity index (χ4n) is 2.30. The Kier molecular flexibility index (Phi) is 6.11. The summed E-state index contributed by atoms with van der Waals surface area (Å²) in [5, 5.41) is 2.74. The van der Waals surface area contributed by atoms with Gasteiger partial charge in [-0.1, -0.05) is 0 Å². The van der Waals surface area contributed by atoms with Gasteiger partial charge in [0.05, 0.1) is 17.6 Å². The van der Waals surface area contributed by atoms with Gasteiger partial charge in [-0.05, 0) is 44.0 Å². The summed E-state index contributed by atoms with van der Waals surface area (Å²) in [5.74, 6) is -0.205. The third-order valence-electron chi connectivity index (χ3n) is 3.55. The van der Waals surface area contributed by atoms with E-state index in [2.05, 4.69) is 10.0 Å². The number of amides is 1. The molecular formula is C15H22N2O5S. The van der Waals surface area contributed by atoms with E-state index in [4.69, 9.17) is 9.47 Å². The van der Waals surface area contributed by atoms with Crippen molar-refractivity contribution in [3.63, 3.8) is 0 Å². The maximum Gasteiger partial charge on any atom is 0.253 e. The average molecular weight is 342 g/mol. The monoisotopic (exact) mass is 342 g/mol. The first kappa shape index (κ1) is 17.9. The Morgan fingerprint density at radius 3 is 2.57 bits per heavy atom. The summed E-state index contributed by atoms with van der Waals surface area (Å²) >= 11 is 0. The van der Waals surface area contributed by atoms with E-state index in [0.29, 0.717) is 18.7 Å². The number of methoxy groups -OCH3 is 1. The van der Waals surface area contributed by atoms with Crippen LogP contribution in [0.1, 0.15) is 19.8 Å². The predicted molar refractivity (Wildman–Crippen MR) is 85.7 cm³/mol. The second kappa shape index (κ2) is 7.87. The summed E-state index contributed by atoms with van der Waals surface area (Å²) < 4.78 is 36.8. The Morgan fingerprint density at radius 1 is 1.30 bits per heavy atom. The van der Waals surface area contributed by atoms with Gasteiger partial charge in [-0.25, -0.2) is 13.1 Å². The average Bonchev–Trinajstić information content (AvgIpc) is 2.95. The minimum Gasteiger partial charge on any atom is -0.383 e. The lowest BCUT2D eigenvalue weighted by Gasteiger charge is -2.12. The molecule has 0 aromatic heterocycles. The number of carbonyl (C=O) groups excluding carboxylic acids is 1. The number of rotatable bonds is 7. The van der Waals surface area contributed by atoms with Gasteiger partial charge < -0.3 is 14.8 Å². The number of benzene rings is 1. The molecule has 1 saturated heterocycles. The summed E-state index contributed by atoms with van der Waals surface area (Å²) in [7, 11) is -2.07. The molecule has 1 aliphatic rings. The van der Waals surface area contributed by atoms with Crippen molar-refractivity contribution in [3.05, 3.63) is 24.3 Å². The molecule has 7 nitrogen and oxygen atoms in total. The van der Waals surface area contributed by atoms with Crippen molar-refractivity contribution in [2.75, 3.05) is 25.6 Å². The molecule has 1 fully saturated rings. The zero-order valence-electron chi connectivity index (χ0n) is 13.2. The van der Waals surface area contributed by atoms with E-state index in [-0.39, 0.29) is 23.5 Å². The number of carbonyl (C=O) groups is 1. The first-order valence-electron chi connectivity index (χ1n) is 7.47. The van der Waals surface area contributed by atoms with Crippen LogP contribution in [0.3, 0.4) is 0 Å². The highest BCUT2D eigenvalue weighted by molar-refractivity contribution is 7.89. The Bertz CT molecular complexity index is 630. The largest absolute Gasteiger partial charge is 0.383 e. The van der Waals surface area contributed by atoms with Crippen LogP contribution in [0.5, 0.6) is 0 Å². The zero-order chi connectivity index (χ0) is 16.9. The fourth-order valence-corrected chi connectivity index (χ4v) is 3.31. The molecule has 2 atom stereocenters. The van der Waals surface area contributed by atoms with Crippen LogP contribution in [0, 0.1) is 0 Å². The Balaban J connectivity index is 1.95. The Hall–Kier alpha value is -1.48. The highest BCUT2D eigenvalue weighted by atomic mass is 32.2. The number of hydrogen-bond donors (Lipinski definition) is 2. The Labute approximate surface area is 136 Å². The van der Waals surface area contributed by atoms with Gasteiger partial charge in [0.15, 0.2) is 0 Å². The summed E-state index contributed by atoms with van der Waals surface area (Å²) in [5.41, 5.74) is 0.536. The van der Waals surface area contributed by atoms with Gasteiger partial charge in [-0.2, -0.15) is 0 Å². The van der Waals surface area contributed by atoms with E-state index in [1.807, 2.05) is 6.92 Å². The Morgan fingerprint density at radius 2 is 2.00 bits per heavy atom. The van der Waals surface area contributed by atoms with E-state index in [9.17, 15) is 13.2 Å². The van der Waals surface area contributed by atoms with Crippen molar-refractivity contribution in [1.82, 2.24) is 4.72 Å². The fraction of sp³-hybridized carbons (Fsp3) is 0.533. The van der Waals surface area contributed by atoms with Gasteiger partial charge in [0.2, 0.25) is 10.0 Å². The lowest BCUT2D eigenvalue weighted by Crippen LogP contribution is -2.28. The van der Waals surface area contributed by atoms with Crippen LogP contribution in [0.2, 0.25) is 0 Å². The molecule has 2 rings (SSSR count). The second-order valence-electron chi connectivity index (χ2n) is 5.42. The maximum absolute atomic E-state index is 12.0. The molecule has 0 unspecified atom stereocenters. The molecule has 1 amide bonds. The van der Waals surface area contributed by atoms with Gasteiger partial charge in [-0.15, -0.1) is 0 Å². The smallest absolute Gasteiger partial charge is 0.253 e.